The molecule has 0 radical (unpaired) electrons. The fourth-order valence-corrected chi connectivity index (χ4v) is 2.14. The first-order valence-corrected chi connectivity index (χ1v) is 6.86. The molecule has 0 saturated heterocycles. The third kappa shape index (κ3) is 3.86. The summed E-state index contributed by atoms with van der Waals surface area (Å²) in [6.07, 6.45) is 1.85. The number of hydrogen-bond donors (Lipinski definition) is 2. The number of carbonyl (C=O) groups excluding carboxylic acids is 1. The first kappa shape index (κ1) is 15.1. The Labute approximate surface area is 127 Å². The SMILES string of the molecule is Cc1cccn(CCC(=O)Nc2ccc(N)cc2Cl)c1=O. The Balaban J connectivity index is 1.99. The predicted octanol–water partition coefficient (Wildman–Crippen LogP) is 2.42. The number of halogens is 1. The van der Waals surface area contributed by atoms with Gasteiger partial charge in [0.2, 0.25) is 5.91 Å². The molecule has 0 aliphatic rings. The highest BCUT2D eigenvalue weighted by Gasteiger charge is 2.07. The molecule has 0 fully saturated rings. The number of nitrogen functional groups attached to an aromatic ring is 1. The molecule has 110 valence electrons. The van der Waals surface area contributed by atoms with Crippen molar-refractivity contribution in [3.63, 3.8) is 0 Å². The van der Waals surface area contributed by atoms with Gasteiger partial charge in [-0.15, -0.1) is 0 Å². The van der Waals surface area contributed by atoms with Crippen molar-refractivity contribution in [1.82, 2.24) is 4.57 Å². The summed E-state index contributed by atoms with van der Waals surface area (Å²) in [5, 5.41) is 3.09. The van der Waals surface area contributed by atoms with Crippen LogP contribution in [0.15, 0.2) is 41.3 Å². The summed E-state index contributed by atoms with van der Waals surface area (Å²) >= 11 is 5.99. The highest BCUT2D eigenvalue weighted by Crippen LogP contribution is 2.24. The third-order valence-corrected chi connectivity index (χ3v) is 3.37. The summed E-state index contributed by atoms with van der Waals surface area (Å²) < 4.78 is 1.51. The summed E-state index contributed by atoms with van der Waals surface area (Å²) in [6, 6.07) is 8.40. The molecule has 2 rings (SSSR count). The highest BCUT2D eigenvalue weighted by molar-refractivity contribution is 6.34. The molecule has 0 spiro atoms. The Morgan fingerprint density at radius 3 is 2.86 bits per heavy atom. The maximum atomic E-state index is 11.9. The lowest BCUT2D eigenvalue weighted by molar-refractivity contribution is -0.116. The number of benzene rings is 1. The summed E-state index contributed by atoms with van der Waals surface area (Å²) in [5.74, 6) is -0.213. The van der Waals surface area contributed by atoms with Crippen molar-refractivity contribution in [2.75, 3.05) is 11.1 Å². The van der Waals surface area contributed by atoms with Gasteiger partial charge in [0.1, 0.15) is 0 Å². The predicted molar refractivity (Wildman–Crippen MR) is 84.6 cm³/mol. The van der Waals surface area contributed by atoms with Gasteiger partial charge in [-0.1, -0.05) is 17.7 Å². The molecule has 0 aliphatic heterocycles. The van der Waals surface area contributed by atoms with Gasteiger partial charge in [-0.25, -0.2) is 0 Å². The molecule has 5 nitrogen and oxygen atoms in total. The topological polar surface area (TPSA) is 77.1 Å². The van der Waals surface area contributed by atoms with Crippen LogP contribution in [-0.4, -0.2) is 10.5 Å². The molecular weight excluding hydrogens is 290 g/mol. The van der Waals surface area contributed by atoms with E-state index in [1.807, 2.05) is 0 Å². The fraction of sp³-hybridized carbons (Fsp3) is 0.200. The lowest BCUT2D eigenvalue weighted by Crippen LogP contribution is -2.24. The molecule has 21 heavy (non-hydrogen) atoms. The highest BCUT2D eigenvalue weighted by atomic mass is 35.5. The van der Waals surface area contributed by atoms with Crippen molar-refractivity contribution >= 4 is 28.9 Å². The molecule has 1 amide bonds. The summed E-state index contributed by atoms with van der Waals surface area (Å²) in [7, 11) is 0. The quantitative estimate of drug-likeness (QED) is 0.852. The summed E-state index contributed by atoms with van der Waals surface area (Å²) in [5.41, 5.74) is 7.19. The van der Waals surface area contributed by atoms with E-state index in [2.05, 4.69) is 5.32 Å². The van der Waals surface area contributed by atoms with E-state index in [0.29, 0.717) is 28.5 Å². The smallest absolute Gasteiger partial charge is 0.253 e. The van der Waals surface area contributed by atoms with Crippen LogP contribution in [0.1, 0.15) is 12.0 Å². The van der Waals surface area contributed by atoms with E-state index in [1.165, 1.54) is 4.57 Å². The molecule has 2 aromatic rings. The van der Waals surface area contributed by atoms with Gasteiger partial charge in [0.15, 0.2) is 0 Å². The second-order valence-corrected chi connectivity index (χ2v) is 5.13. The minimum atomic E-state index is -0.213. The number of carbonyl (C=O) groups is 1. The zero-order valence-corrected chi connectivity index (χ0v) is 12.4. The molecule has 0 unspecified atom stereocenters. The van der Waals surface area contributed by atoms with Gasteiger partial charge in [-0.2, -0.15) is 0 Å². The summed E-state index contributed by atoms with van der Waals surface area (Å²) in [4.78, 5) is 23.7. The normalized spacial score (nSPS) is 10.4. The number of nitrogens with zero attached hydrogens (tertiary/aromatic N) is 1. The lowest BCUT2D eigenvalue weighted by atomic mass is 10.2. The van der Waals surface area contributed by atoms with Crippen molar-refractivity contribution < 1.29 is 4.79 Å². The van der Waals surface area contributed by atoms with Crippen LogP contribution < -0.4 is 16.6 Å². The maximum absolute atomic E-state index is 11.9. The molecular formula is C15H16ClN3O2. The van der Waals surface area contributed by atoms with E-state index < -0.39 is 0 Å². The van der Waals surface area contributed by atoms with Gasteiger partial charge in [0.05, 0.1) is 10.7 Å². The van der Waals surface area contributed by atoms with Gasteiger partial charge in [0.25, 0.3) is 5.56 Å². The van der Waals surface area contributed by atoms with Crippen molar-refractivity contribution in [3.8, 4) is 0 Å². The van der Waals surface area contributed by atoms with Crippen molar-refractivity contribution in [2.45, 2.75) is 19.9 Å². The van der Waals surface area contributed by atoms with E-state index in [9.17, 15) is 9.59 Å². The molecule has 1 aromatic heterocycles. The number of nitrogens with one attached hydrogen (secondary N) is 1. The van der Waals surface area contributed by atoms with Gasteiger partial charge < -0.3 is 15.6 Å². The number of rotatable bonds is 4. The van der Waals surface area contributed by atoms with Crippen LogP contribution in [0.4, 0.5) is 11.4 Å². The molecule has 1 aromatic carbocycles. The maximum Gasteiger partial charge on any atom is 0.253 e. The second-order valence-electron chi connectivity index (χ2n) is 4.73. The molecule has 3 N–H and O–H groups in total. The number of nitrogens with two attached hydrogens (primary N) is 1. The van der Waals surface area contributed by atoms with Crippen LogP contribution in [0.3, 0.4) is 0 Å². The number of anilines is 2. The standard InChI is InChI=1S/C15H16ClN3O2/c1-10-3-2-7-19(15(10)21)8-6-14(20)18-13-5-4-11(17)9-12(13)16/h2-5,7,9H,6,8,17H2,1H3,(H,18,20). The molecule has 0 aliphatic carbocycles. The van der Waals surface area contributed by atoms with Crippen molar-refractivity contribution in [2.24, 2.45) is 0 Å². The minimum Gasteiger partial charge on any atom is -0.399 e. The van der Waals surface area contributed by atoms with Crippen LogP contribution in [0.2, 0.25) is 5.02 Å². The van der Waals surface area contributed by atoms with Crippen LogP contribution in [0.5, 0.6) is 0 Å². The van der Waals surface area contributed by atoms with Crippen molar-refractivity contribution in [3.05, 3.63) is 57.5 Å². The van der Waals surface area contributed by atoms with Gasteiger partial charge >= 0.3 is 0 Å². The van der Waals surface area contributed by atoms with Crippen molar-refractivity contribution in [1.29, 1.82) is 0 Å². The molecule has 0 bridgehead atoms. The van der Waals surface area contributed by atoms with E-state index in [-0.39, 0.29) is 17.9 Å². The zero-order chi connectivity index (χ0) is 15.4. The molecule has 1 heterocycles. The van der Waals surface area contributed by atoms with Crippen LogP contribution in [-0.2, 0) is 11.3 Å². The first-order chi connectivity index (χ1) is 9.97. The monoisotopic (exact) mass is 305 g/mol. The average Bonchev–Trinajstić information content (AvgIpc) is 2.43. The van der Waals surface area contributed by atoms with Gasteiger partial charge in [-0.3, -0.25) is 9.59 Å². The number of hydrogen-bond acceptors (Lipinski definition) is 3. The van der Waals surface area contributed by atoms with Crippen LogP contribution in [0, 0.1) is 6.92 Å². The summed E-state index contributed by atoms with van der Waals surface area (Å²) in [6.45, 7) is 2.06. The zero-order valence-electron chi connectivity index (χ0n) is 11.6. The number of aryl methyl sites for hydroxylation is 2. The number of aromatic nitrogens is 1. The van der Waals surface area contributed by atoms with E-state index in [4.69, 9.17) is 17.3 Å². The van der Waals surface area contributed by atoms with Gasteiger partial charge in [-0.05, 0) is 31.2 Å². The third-order valence-electron chi connectivity index (χ3n) is 3.06. The Morgan fingerprint density at radius 2 is 2.14 bits per heavy atom. The largest absolute Gasteiger partial charge is 0.399 e. The Hall–Kier alpha value is -2.27. The van der Waals surface area contributed by atoms with E-state index >= 15 is 0 Å². The van der Waals surface area contributed by atoms with E-state index in [1.54, 1.807) is 43.5 Å². The second kappa shape index (κ2) is 6.45. The van der Waals surface area contributed by atoms with E-state index in [0.717, 1.165) is 0 Å². The number of amides is 1. The first-order valence-electron chi connectivity index (χ1n) is 6.48. The Kier molecular flexibility index (Phi) is 4.65. The van der Waals surface area contributed by atoms with Gasteiger partial charge in [0, 0.05) is 30.4 Å². The lowest BCUT2D eigenvalue weighted by Gasteiger charge is -2.09. The van der Waals surface area contributed by atoms with Crippen LogP contribution >= 0.6 is 11.6 Å². The molecule has 6 heteroatoms. The Bertz CT molecular complexity index is 725. The molecule has 0 atom stereocenters. The fourth-order valence-electron chi connectivity index (χ4n) is 1.90. The molecule has 0 saturated carbocycles. The Morgan fingerprint density at radius 1 is 1.38 bits per heavy atom. The average molecular weight is 306 g/mol. The number of pyridine rings is 1. The minimum absolute atomic E-state index is 0.0872. The van der Waals surface area contributed by atoms with Crippen LogP contribution in [0.25, 0.3) is 0 Å².